The molecule has 0 fully saturated rings. The van der Waals surface area contributed by atoms with Crippen LogP contribution in [0.3, 0.4) is 0 Å². The molecule has 0 unspecified atom stereocenters. The molecule has 23 heavy (non-hydrogen) atoms. The van der Waals surface area contributed by atoms with Gasteiger partial charge in [-0.25, -0.2) is 0 Å². The van der Waals surface area contributed by atoms with Gasteiger partial charge in [0.2, 0.25) is 0 Å². The topological polar surface area (TPSA) is 111 Å². The summed E-state index contributed by atoms with van der Waals surface area (Å²) < 4.78 is 0. The molecule has 4 N–H and O–H groups in total. The number of phenolic OH excluding ortho intramolecular Hbond substituents is 1. The van der Waals surface area contributed by atoms with E-state index in [4.69, 9.17) is 0 Å². The average molecular weight is 315 g/mol. The lowest BCUT2D eigenvalue weighted by molar-refractivity contribution is 0.0842. The summed E-state index contributed by atoms with van der Waals surface area (Å²) in [6, 6.07) is 5.97. The van der Waals surface area contributed by atoms with Crippen LogP contribution in [-0.4, -0.2) is 27.7 Å². The Balaban J connectivity index is 2.12. The molecule has 7 nitrogen and oxygen atoms in total. The van der Waals surface area contributed by atoms with Gasteiger partial charge < -0.3 is 10.1 Å². The number of hydrogen-bond acceptors (Lipinski definition) is 4. The maximum atomic E-state index is 12.1. The lowest BCUT2D eigenvalue weighted by Crippen LogP contribution is -2.42. The van der Waals surface area contributed by atoms with Gasteiger partial charge in [0.1, 0.15) is 11.4 Å². The Kier molecular flexibility index (Phi) is 4.49. The number of benzene rings is 1. The molecule has 1 aromatic carbocycles. The third-order valence-corrected chi connectivity index (χ3v) is 3.45. The smallest absolute Gasteiger partial charge is 0.286 e. The first kappa shape index (κ1) is 16.3. The van der Waals surface area contributed by atoms with Gasteiger partial charge in [0.15, 0.2) is 5.78 Å². The number of Topliss-reactive ketones (excluding diaryl/α,β-unsaturated/α-hetero) is 1. The van der Waals surface area contributed by atoms with Crippen molar-refractivity contribution in [1.29, 1.82) is 0 Å². The Morgan fingerprint density at radius 2 is 1.65 bits per heavy atom. The van der Waals surface area contributed by atoms with Crippen LogP contribution in [0.1, 0.15) is 49.4 Å². The standard InChI is InChI=1S/C16H17N3O4/c1-8-13(10(3)20)9(2)17-14(8)16(23)19-18-15(22)11-6-4-5-7-12(11)21/h4-7,17,21H,1-3H3,(H,18,22)(H,19,23). The molecule has 0 saturated carbocycles. The highest BCUT2D eigenvalue weighted by atomic mass is 16.3. The lowest BCUT2D eigenvalue weighted by atomic mass is 10.1. The summed E-state index contributed by atoms with van der Waals surface area (Å²) in [4.78, 5) is 38.5. The number of nitrogens with one attached hydrogen (secondary N) is 3. The zero-order chi connectivity index (χ0) is 17.1. The van der Waals surface area contributed by atoms with Crippen LogP contribution in [0.2, 0.25) is 0 Å². The monoisotopic (exact) mass is 315 g/mol. The largest absolute Gasteiger partial charge is 0.507 e. The Hall–Kier alpha value is -3.09. The highest BCUT2D eigenvalue weighted by Gasteiger charge is 2.20. The van der Waals surface area contributed by atoms with Gasteiger partial charge >= 0.3 is 0 Å². The Labute approximate surface area is 132 Å². The Morgan fingerprint density at radius 3 is 2.22 bits per heavy atom. The van der Waals surface area contributed by atoms with E-state index < -0.39 is 11.8 Å². The van der Waals surface area contributed by atoms with Gasteiger partial charge in [0.25, 0.3) is 11.8 Å². The molecule has 2 aromatic rings. The number of hydrogen-bond donors (Lipinski definition) is 4. The van der Waals surface area contributed by atoms with Gasteiger partial charge in [-0.1, -0.05) is 12.1 Å². The Morgan fingerprint density at radius 1 is 1.04 bits per heavy atom. The van der Waals surface area contributed by atoms with Crippen molar-refractivity contribution in [3.8, 4) is 5.75 Å². The molecule has 7 heteroatoms. The van der Waals surface area contributed by atoms with Crippen LogP contribution in [-0.2, 0) is 0 Å². The molecule has 0 bridgehead atoms. The van der Waals surface area contributed by atoms with E-state index >= 15 is 0 Å². The molecular formula is C16H17N3O4. The molecule has 0 aliphatic rings. The van der Waals surface area contributed by atoms with Gasteiger partial charge in [-0.2, -0.15) is 0 Å². The first-order valence-corrected chi connectivity index (χ1v) is 6.91. The van der Waals surface area contributed by atoms with Crippen LogP contribution >= 0.6 is 0 Å². The molecule has 1 aromatic heterocycles. The zero-order valence-corrected chi connectivity index (χ0v) is 13.0. The number of carbonyl (C=O) groups is 3. The molecule has 120 valence electrons. The minimum Gasteiger partial charge on any atom is -0.507 e. The quantitative estimate of drug-likeness (QED) is 0.509. The van der Waals surface area contributed by atoms with Crippen LogP contribution in [0.25, 0.3) is 0 Å². The van der Waals surface area contributed by atoms with Crippen molar-refractivity contribution in [3.05, 3.63) is 52.3 Å². The molecule has 0 radical (unpaired) electrons. The number of aromatic hydroxyl groups is 1. The second-order valence-electron chi connectivity index (χ2n) is 5.11. The SMILES string of the molecule is CC(=O)c1c(C)[nH]c(C(=O)NNC(=O)c2ccccc2O)c1C. The summed E-state index contributed by atoms with van der Waals surface area (Å²) in [6.45, 7) is 4.77. The first-order valence-electron chi connectivity index (χ1n) is 6.91. The molecular weight excluding hydrogens is 298 g/mol. The maximum absolute atomic E-state index is 12.1. The Bertz CT molecular complexity index is 793. The third-order valence-electron chi connectivity index (χ3n) is 3.45. The normalized spacial score (nSPS) is 10.2. The van der Waals surface area contributed by atoms with Crippen LogP contribution in [0, 0.1) is 13.8 Å². The minimum absolute atomic E-state index is 0.0385. The fourth-order valence-electron chi connectivity index (χ4n) is 2.41. The van der Waals surface area contributed by atoms with Gasteiger partial charge in [-0.15, -0.1) is 0 Å². The molecule has 2 rings (SSSR count). The van der Waals surface area contributed by atoms with Gasteiger partial charge in [0, 0.05) is 11.3 Å². The predicted molar refractivity (Wildman–Crippen MR) is 83.3 cm³/mol. The van der Waals surface area contributed by atoms with Gasteiger partial charge in [-0.3, -0.25) is 25.2 Å². The molecule has 0 spiro atoms. The second-order valence-corrected chi connectivity index (χ2v) is 5.11. The highest BCUT2D eigenvalue weighted by molar-refractivity contribution is 6.04. The van der Waals surface area contributed by atoms with E-state index in [9.17, 15) is 19.5 Å². The second kappa shape index (κ2) is 6.35. The van der Waals surface area contributed by atoms with E-state index in [-0.39, 0.29) is 22.8 Å². The molecule has 1 heterocycles. The summed E-state index contributed by atoms with van der Waals surface area (Å²) in [6.07, 6.45) is 0. The average Bonchev–Trinajstić information content (AvgIpc) is 2.80. The van der Waals surface area contributed by atoms with Crippen LogP contribution in [0.15, 0.2) is 24.3 Å². The minimum atomic E-state index is -0.649. The molecule has 0 atom stereocenters. The number of para-hydroxylation sites is 1. The molecule has 0 aliphatic heterocycles. The summed E-state index contributed by atoms with van der Waals surface area (Å²) >= 11 is 0. The summed E-state index contributed by atoms with van der Waals surface area (Å²) in [5, 5.41) is 9.59. The van der Waals surface area contributed by atoms with E-state index in [1.807, 2.05) is 0 Å². The predicted octanol–water partition coefficient (Wildman–Crippen LogP) is 1.61. The van der Waals surface area contributed by atoms with Crippen molar-refractivity contribution < 1.29 is 19.5 Å². The van der Waals surface area contributed by atoms with Crippen molar-refractivity contribution in [1.82, 2.24) is 15.8 Å². The third kappa shape index (κ3) is 3.23. The van der Waals surface area contributed by atoms with Gasteiger partial charge in [-0.05, 0) is 38.5 Å². The summed E-state index contributed by atoms with van der Waals surface area (Å²) in [5.41, 5.74) is 6.28. The van der Waals surface area contributed by atoms with Crippen LogP contribution < -0.4 is 10.9 Å². The number of H-pyrrole nitrogens is 1. The number of aromatic nitrogens is 1. The summed E-state index contributed by atoms with van der Waals surface area (Å²) in [7, 11) is 0. The van der Waals surface area contributed by atoms with E-state index in [0.29, 0.717) is 16.8 Å². The number of aromatic amines is 1. The first-order chi connectivity index (χ1) is 10.8. The number of amides is 2. The van der Waals surface area contributed by atoms with E-state index in [2.05, 4.69) is 15.8 Å². The lowest BCUT2D eigenvalue weighted by Gasteiger charge is -2.08. The maximum Gasteiger partial charge on any atom is 0.286 e. The molecule has 2 amide bonds. The fourth-order valence-corrected chi connectivity index (χ4v) is 2.41. The number of rotatable bonds is 3. The van der Waals surface area contributed by atoms with E-state index in [0.717, 1.165) is 0 Å². The van der Waals surface area contributed by atoms with Crippen molar-refractivity contribution in [2.45, 2.75) is 20.8 Å². The summed E-state index contributed by atoms with van der Waals surface area (Å²) in [5.74, 6) is -1.57. The number of phenols is 1. The molecule has 0 aliphatic carbocycles. The molecule has 0 saturated heterocycles. The van der Waals surface area contributed by atoms with Crippen molar-refractivity contribution in [2.75, 3.05) is 0 Å². The van der Waals surface area contributed by atoms with Gasteiger partial charge in [0.05, 0.1) is 5.56 Å². The van der Waals surface area contributed by atoms with Crippen molar-refractivity contribution in [2.24, 2.45) is 0 Å². The number of ketones is 1. The fraction of sp³-hybridized carbons (Fsp3) is 0.188. The number of aryl methyl sites for hydroxylation is 1. The van der Waals surface area contributed by atoms with Crippen LogP contribution in [0.4, 0.5) is 0 Å². The number of hydrazine groups is 1. The number of carbonyl (C=O) groups excluding carboxylic acids is 3. The van der Waals surface area contributed by atoms with Crippen LogP contribution in [0.5, 0.6) is 5.75 Å². The van der Waals surface area contributed by atoms with Crippen molar-refractivity contribution >= 4 is 17.6 Å². The zero-order valence-electron chi connectivity index (χ0n) is 13.0. The van der Waals surface area contributed by atoms with E-state index in [1.54, 1.807) is 26.0 Å². The van der Waals surface area contributed by atoms with Crippen molar-refractivity contribution in [3.63, 3.8) is 0 Å². The highest BCUT2D eigenvalue weighted by Crippen LogP contribution is 2.18. The van der Waals surface area contributed by atoms with E-state index in [1.165, 1.54) is 19.1 Å².